The summed E-state index contributed by atoms with van der Waals surface area (Å²) in [7, 11) is -0.223. The minimum absolute atomic E-state index is 0.0282. The zero-order valence-electron chi connectivity index (χ0n) is 70.3. The summed E-state index contributed by atoms with van der Waals surface area (Å²) in [5.41, 5.74) is 13.3. The first-order valence-corrected chi connectivity index (χ1v) is 44.0. The fourth-order valence-electron chi connectivity index (χ4n) is 11.9. The van der Waals surface area contributed by atoms with Crippen molar-refractivity contribution in [3.63, 3.8) is 0 Å². The van der Waals surface area contributed by atoms with Gasteiger partial charge in [-0.15, -0.1) is 11.6 Å². The molecule has 0 bridgehead atoms. The van der Waals surface area contributed by atoms with E-state index in [0.29, 0.717) is 70.7 Å². The molecule has 0 radical (unpaired) electrons. The van der Waals surface area contributed by atoms with Crippen LogP contribution >= 0.6 is 11.6 Å². The Kier molecular flexibility index (Phi) is 41.9. The third-order valence-corrected chi connectivity index (χ3v) is 22.3. The quantitative estimate of drug-likeness (QED) is 0.00559. The monoisotopic (exact) mass is 1740 g/mol. The summed E-state index contributed by atoms with van der Waals surface area (Å²) in [5.74, 6) is -1.71. The number of amides is 6. The van der Waals surface area contributed by atoms with E-state index in [1.165, 1.54) is 6.07 Å². The van der Waals surface area contributed by atoms with Crippen LogP contribution in [-0.2, 0) is 92.9 Å². The number of alkyl carbamates (subject to hydrolysis) is 3. The second kappa shape index (κ2) is 52.7. The van der Waals surface area contributed by atoms with Crippen LogP contribution in [0.5, 0.6) is 0 Å². The summed E-state index contributed by atoms with van der Waals surface area (Å²) in [6.07, 6.45) is 2.30. The number of rotatable bonds is 41. The van der Waals surface area contributed by atoms with Crippen molar-refractivity contribution >= 4 is 112 Å². The van der Waals surface area contributed by atoms with Crippen LogP contribution in [0.15, 0.2) is 270 Å². The lowest BCUT2D eigenvalue weighted by Gasteiger charge is -2.19. The lowest BCUT2D eigenvalue weighted by Crippen LogP contribution is -2.46. The van der Waals surface area contributed by atoms with E-state index in [0.717, 1.165) is 72.7 Å². The van der Waals surface area contributed by atoms with E-state index in [1.54, 1.807) is 37.3 Å². The topological polar surface area (TPSA) is 377 Å². The minimum atomic E-state index is -4.03. The van der Waals surface area contributed by atoms with Crippen LogP contribution in [0.1, 0.15) is 98.6 Å². The van der Waals surface area contributed by atoms with Crippen molar-refractivity contribution in [1.29, 1.82) is 0 Å². The van der Waals surface area contributed by atoms with Crippen LogP contribution < -0.4 is 56.9 Å². The lowest BCUT2D eigenvalue weighted by atomic mass is 10.0. The highest BCUT2D eigenvalue weighted by molar-refractivity contribution is 7.89. The molecule has 6 amide bonds. The minimum Gasteiger partial charge on any atom is -0.481 e. The number of nitrogens with two attached hydrogens (primary N) is 1. The highest BCUT2D eigenvalue weighted by Crippen LogP contribution is 2.27. The summed E-state index contributed by atoms with van der Waals surface area (Å²) >= 11 is 5.65. The van der Waals surface area contributed by atoms with Crippen molar-refractivity contribution in [2.75, 3.05) is 70.0 Å². The lowest BCUT2D eigenvalue weighted by molar-refractivity contribution is -0.141. The maximum Gasteiger partial charge on any atom is 0.407 e. The largest absolute Gasteiger partial charge is 0.481 e. The number of hydrogen-bond acceptors (Lipinski definition) is 17. The Hall–Kier alpha value is -12.4. The third-order valence-electron chi connectivity index (χ3n) is 19.1. The maximum atomic E-state index is 13.4. The van der Waals surface area contributed by atoms with E-state index >= 15 is 0 Å². The molecule has 30 heteroatoms. The number of amidine groups is 1. The van der Waals surface area contributed by atoms with Gasteiger partial charge in [-0.3, -0.25) is 24.2 Å². The molecule has 27 nitrogen and oxygen atoms in total. The number of aliphatic imine (C=N–C) groups is 1. The van der Waals surface area contributed by atoms with E-state index in [9.17, 15) is 50.4 Å². The number of ether oxygens (including phenoxy) is 3. The molecule has 0 unspecified atom stereocenters. The van der Waals surface area contributed by atoms with Crippen molar-refractivity contribution in [3.8, 4) is 0 Å². The van der Waals surface area contributed by atoms with Crippen molar-refractivity contribution in [3.05, 3.63) is 288 Å². The number of benzene rings is 10. The zero-order chi connectivity index (χ0) is 88.8. The van der Waals surface area contributed by atoms with Crippen molar-refractivity contribution in [2.24, 2.45) is 22.6 Å². The van der Waals surface area contributed by atoms with Gasteiger partial charge in [0.1, 0.15) is 37.7 Å². The van der Waals surface area contributed by atoms with Gasteiger partial charge in [0.25, 0.3) is 0 Å². The van der Waals surface area contributed by atoms with E-state index in [2.05, 4.69) is 46.3 Å². The van der Waals surface area contributed by atoms with Gasteiger partial charge < -0.3 is 66.8 Å². The molecule has 4 atom stereocenters. The Morgan fingerprint density at radius 3 is 1.02 bits per heavy atom. The molecule has 10 rings (SSSR count). The van der Waals surface area contributed by atoms with Crippen molar-refractivity contribution < 1.29 is 69.7 Å². The average molecular weight is 1740 g/mol. The van der Waals surface area contributed by atoms with Crippen LogP contribution in [0.4, 0.5) is 25.8 Å². The van der Waals surface area contributed by atoms with Gasteiger partial charge >= 0.3 is 24.2 Å². The summed E-state index contributed by atoms with van der Waals surface area (Å²) in [6, 6.07) is 76.2. The molecule has 0 saturated heterocycles. The molecule has 654 valence electrons. The van der Waals surface area contributed by atoms with Crippen LogP contribution in [0.25, 0.3) is 21.5 Å². The zero-order valence-corrected chi connectivity index (χ0v) is 72.7. The number of nitrogens with one attached hydrogen (secondary N) is 8. The first kappa shape index (κ1) is 97.7. The fraction of sp³-hybridized carbons (Fsp3) is 0.312. The van der Waals surface area contributed by atoms with Crippen LogP contribution in [0, 0.1) is 11.8 Å². The Morgan fingerprint density at radius 1 is 0.390 bits per heavy atom. The normalized spacial score (nSPS) is 12.1. The van der Waals surface area contributed by atoms with E-state index in [1.807, 2.05) is 263 Å². The van der Waals surface area contributed by atoms with E-state index < -0.39 is 68.2 Å². The summed E-state index contributed by atoms with van der Waals surface area (Å²) in [6.45, 7) is 6.72. The Morgan fingerprint density at radius 2 is 0.691 bits per heavy atom. The van der Waals surface area contributed by atoms with Gasteiger partial charge in [-0.05, 0) is 155 Å². The van der Waals surface area contributed by atoms with Gasteiger partial charge in [-0.1, -0.05) is 220 Å². The molecule has 11 N–H and O–H groups in total. The van der Waals surface area contributed by atoms with Gasteiger partial charge in [0.15, 0.2) is 0 Å². The first-order valence-electron chi connectivity index (χ1n) is 40.5. The number of fused-ring (bicyclic) bond motifs is 2. The molecule has 10 aromatic carbocycles. The van der Waals surface area contributed by atoms with Crippen LogP contribution in [-0.4, -0.2) is 142 Å². The molecule has 0 saturated carbocycles. The number of nitrogens with zero attached hydrogens (tertiary/aromatic N) is 3. The summed E-state index contributed by atoms with van der Waals surface area (Å²) < 4.78 is 73.9. The predicted molar refractivity (Wildman–Crippen MR) is 484 cm³/mol. The molecule has 10 aromatic rings. The number of halogens is 1. The number of aliphatic carboxylic acids is 1. The fourth-order valence-corrected chi connectivity index (χ4v) is 14.5. The maximum absolute atomic E-state index is 13.4. The molecule has 0 aromatic heterocycles. The van der Waals surface area contributed by atoms with Gasteiger partial charge in [-0.2, -0.15) is 9.44 Å². The van der Waals surface area contributed by atoms with Crippen LogP contribution in [0.2, 0.25) is 0 Å². The van der Waals surface area contributed by atoms with E-state index in [-0.39, 0.29) is 79.2 Å². The third kappa shape index (κ3) is 36.8. The average Bonchev–Trinajstić information content (AvgIpc) is 0.798. The molecule has 0 heterocycles. The van der Waals surface area contributed by atoms with Gasteiger partial charge in [0.05, 0.1) is 21.6 Å². The smallest absolute Gasteiger partial charge is 0.407 e. The molecule has 0 aliphatic heterocycles. The molecule has 0 aliphatic carbocycles. The Bertz CT molecular complexity index is 5210. The molecule has 0 spiro atoms. The molecule has 0 aliphatic rings. The highest BCUT2D eigenvalue weighted by atomic mass is 35.5. The summed E-state index contributed by atoms with van der Waals surface area (Å²) in [5, 5.41) is 28.6. The number of carbonyl (C=O) groups is 7. The second-order valence-corrected chi connectivity index (χ2v) is 33.0. The number of alkyl halides is 1. The Labute approximate surface area is 726 Å². The van der Waals surface area contributed by atoms with Gasteiger partial charge in [0.2, 0.25) is 37.8 Å². The van der Waals surface area contributed by atoms with Crippen molar-refractivity contribution in [2.45, 2.75) is 127 Å². The highest BCUT2D eigenvalue weighted by Gasteiger charge is 2.28. The van der Waals surface area contributed by atoms with Gasteiger partial charge in [0, 0.05) is 91.3 Å². The van der Waals surface area contributed by atoms with Crippen LogP contribution in [0.3, 0.4) is 0 Å². The number of anilines is 2. The number of carbonyl (C=O) groups excluding carboxylic acids is 6. The standard InChI is InChI=1S/C32H36N4O5S.C26H32ClN5O3S.C21H26N2O3.C14H19NO4/c1-36(2)28-17-15-27-21-29(18-16-26(27)20-28)42(39,40)35-30(31(37)34-22-24-10-5-3-6-11-24)14-9-19-33-32(38)41-23-25-12-7-4-8-13-25;1-32(2)22-12-10-21-16-23(13-11-20(21)15-22)36(34,35)31-24(9-6-14-29-25(28)17-27)26(33)30-18-19-7-4-3-5-8-19;1-17(20(24)23-15-18-10-4-2-5-11-18)9-8-14-22-21(25)26-16-19-12-6-3-7-13-19;1-11(13(16)17)6-5-9-15-14(18)19-10-12-7-3-2-4-8-12/h3-8,10-13,15-18,20-21,30,35H,9,14,19,22-23H2,1-2H3,(H,33,38)(H,34,37);3-5,7-8,10-13,15-16,24,31H,6,9,14,17-18H2,1-2H3,(H2,28,29)(H,30,33);2-7,10-13,17H,8-9,14-16H2,1H3,(H,22,25)(H,23,24);2-4,7-8,11H,5-6,9-10H2,1H3,(H,15,18)(H,16,17)/t30-;24-;17-;11-/m0000/s1. The predicted octanol–water partition coefficient (Wildman–Crippen LogP) is 13.9. The van der Waals surface area contributed by atoms with Crippen molar-refractivity contribution in [1.82, 2.24) is 41.3 Å². The Balaban J connectivity index is 0.000000234. The first-order chi connectivity index (χ1) is 59.1. The SMILES string of the molecule is CN(C)c1ccc2cc(S(=O)(=O)N[C@@H](CCCN=C(N)CCl)C(=O)NCc3ccccc3)ccc2c1.CN(C)c1ccc2cc(S(=O)(=O)N[C@@H](CCCNC(=O)OCc3ccccc3)C(=O)NCc3ccccc3)ccc2c1.C[C@@H](CCCNC(=O)OCc1ccccc1)C(=O)NCc1ccccc1.C[C@@H](CCCNC(=O)OCc1ccccc1)C(=O)O. The molecule has 123 heavy (non-hydrogen) atoms. The number of carboxylic acid groups (broad SMARTS) is 1. The van der Waals surface area contributed by atoms with E-state index in [4.69, 9.17) is 36.7 Å². The summed E-state index contributed by atoms with van der Waals surface area (Å²) in [4.78, 5) is 92.2. The molecular formula is C93H113ClN12O15S2. The number of hydrogen-bond donors (Lipinski definition) is 10. The number of carboxylic acids is 1. The molecular weight excluding hydrogens is 1620 g/mol. The van der Waals surface area contributed by atoms with Gasteiger partial charge in [-0.25, -0.2) is 31.2 Å². The molecule has 0 fully saturated rings. The number of sulfonamides is 2. The second-order valence-electron chi connectivity index (χ2n) is 29.3.